The summed E-state index contributed by atoms with van der Waals surface area (Å²) in [6.07, 6.45) is 0.800. The van der Waals surface area contributed by atoms with E-state index in [-0.39, 0.29) is 12.5 Å². The molecule has 0 aliphatic rings. The Balaban J connectivity index is 2.04. The number of aryl methyl sites for hydroxylation is 2. The van der Waals surface area contributed by atoms with Gasteiger partial charge in [0.1, 0.15) is 5.00 Å². The van der Waals surface area contributed by atoms with Gasteiger partial charge in [-0.15, -0.1) is 11.3 Å². The molecule has 0 saturated heterocycles. The van der Waals surface area contributed by atoms with E-state index in [9.17, 15) is 9.59 Å². The van der Waals surface area contributed by atoms with Crippen molar-refractivity contribution in [2.45, 2.75) is 27.2 Å². The molecule has 0 fully saturated rings. The smallest absolute Gasteiger partial charge is 0.341 e. The minimum Gasteiger partial charge on any atom is -0.462 e. The highest BCUT2D eigenvalue weighted by molar-refractivity contribution is 7.16. The molecule has 1 aromatic heterocycles. The summed E-state index contributed by atoms with van der Waals surface area (Å²) in [5.41, 5.74) is 2.41. The Morgan fingerprint density at radius 1 is 1.21 bits per heavy atom. The van der Waals surface area contributed by atoms with E-state index in [0.717, 1.165) is 22.5 Å². The first kappa shape index (κ1) is 18.0. The highest BCUT2D eigenvalue weighted by Gasteiger charge is 2.18. The predicted molar refractivity (Wildman–Crippen MR) is 98.0 cm³/mol. The first-order valence-electron chi connectivity index (χ1n) is 7.94. The Morgan fingerprint density at radius 3 is 2.62 bits per heavy atom. The van der Waals surface area contributed by atoms with Gasteiger partial charge in [-0.3, -0.25) is 4.79 Å². The number of hydrogen-bond donors (Lipinski definition) is 2. The fourth-order valence-corrected chi connectivity index (χ4v) is 3.19. The van der Waals surface area contributed by atoms with Gasteiger partial charge in [-0.05, 0) is 38.0 Å². The summed E-state index contributed by atoms with van der Waals surface area (Å²) < 4.78 is 5.05. The molecule has 6 heteroatoms. The molecule has 1 aromatic carbocycles. The van der Waals surface area contributed by atoms with Gasteiger partial charge in [-0.1, -0.05) is 25.1 Å². The van der Waals surface area contributed by atoms with E-state index in [1.54, 1.807) is 13.0 Å². The zero-order valence-electron chi connectivity index (χ0n) is 14.1. The van der Waals surface area contributed by atoms with Crippen LogP contribution < -0.4 is 10.6 Å². The van der Waals surface area contributed by atoms with Crippen LogP contribution in [0.15, 0.2) is 30.3 Å². The summed E-state index contributed by atoms with van der Waals surface area (Å²) in [7, 11) is 0. The number of esters is 1. The summed E-state index contributed by atoms with van der Waals surface area (Å²) in [6, 6.07) is 9.55. The minimum absolute atomic E-state index is 0.131. The molecule has 0 spiro atoms. The number of hydrogen-bond acceptors (Lipinski definition) is 5. The van der Waals surface area contributed by atoms with Gasteiger partial charge in [0, 0.05) is 10.6 Å². The number of carbonyl (C=O) groups is 2. The number of ether oxygens (including phenoxy) is 1. The van der Waals surface area contributed by atoms with Crippen LogP contribution >= 0.6 is 11.3 Å². The van der Waals surface area contributed by atoms with E-state index in [0.29, 0.717) is 17.2 Å². The number of rotatable bonds is 7. The van der Waals surface area contributed by atoms with Crippen LogP contribution in [0.1, 0.15) is 34.6 Å². The molecule has 0 radical (unpaired) electrons. The van der Waals surface area contributed by atoms with Crippen LogP contribution in [0.5, 0.6) is 0 Å². The third-order valence-electron chi connectivity index (χ3n) is 3.46. The van der Waals surface area contributed by atoms with Crippen molar-refractivity contribution in [1.82, 2.24) is 0 Å². The lowest BCUT2D eigenvalue weighted by molar-refractivity contribution is -0.114. The number of nitrogens with one attached hydrogen (secondary N) is 2. The van der Waals surface area contributed by atoms with Crippen LogP contribution in [0.25, 0.3) is 0 Å². The second-order valence-electron chi connectivity index (χ2n) is 5.25. The highest BCUT2D eigenvalue weighted by Crippen LogP contribution is 2.29. The van der Waals surface area contributed by atoms with Gasteiger partial charge in [0.25, 0.3) is 0 Å². The zero-order chi connectivity index (χ0) is 17.5. The van der Waals surface area contributed by atoms with Crippen LogP contribution in [0, 0.1) is 6.92 Å². The summed E-state index contributed by atoms with van der Waals surface area (Å²) in [5.74, 6) is -0.607. The lowest BCUT2D eigenvalue weighted by Crippen LogP contribution is -2.22. The van der Waals surface area contributed by atoms with Gasteiger partial charge in [0.05, 0.1) is 18.7 Å². The Hall–Kier alpha value is -2.34. The van der Waals surface area contributed by atoms with Gasteiger partial charge in [-0.2, -0.15) is 0 Å². The summed E-state index contributed by atoms with van der Waals surface area (Å²) in [5, 5.41) is 6.46. The highest BCUT2D eigenvalue weighted by atomic mass is 32.1. The molecular weight excluding hydrogens is 324 g/mol. The van der Waals surface area contributed by atoms with E-state index in [4.69, 9.17) is 4.74 Å². The van der Waals surface area contributed by atoms with Gasteiger partial charge >= 0.3 is 5.97 Å². The van der Waals surface area contributed by atoms with Gasteiger partial charge in [0.2, 0.25) is 5.91 Å². The van der Waals surface area contributed by atoms with E-state index >= 15 is 0 Å². The summed E-state index contributed by atoms with van der Waals surface area (Å²) in [6.45, 7) is 6.18. The molecule has 0 atom stereocenters. The molecule has 128 valence electrons. The molecule has 2 N–H and O–H groups in total. The minimum atomic E-state index is -0.407. The topological polar surface area (TPSA) is 67.4 Å². The molecule has 0 aliphatic carbocycles. The predicted octanol–water partition coefficient (Wildman–Crippen LogP) is 3.85. The molecule has 24 heavy (non-hydrogen) atoms. The van der Waals surface area contributed by atoms with Crippen molar-refractivity contribution in [3.8, 4) is 0 Å². The number of para-hydroxylation sites is 1. The average molecular weight is 346 g/mol. The largest absolute Gasteiger partial charge is 0.462 e. The number of benzene rings is 1. The Morgan fingerprint density at radius 2 is 1.96 bits per heavy atom. The molecule has 1 amide bonds. The van der Waals surface area contributed by atoms with Crippen molar-refractivity contribution < 1.29 is 14.3 Å². The Bertz CT molecular complexity index is 725. The van der Waals surface area contributed by atoms with Crippen LogP contribution in [-0.4, -0.2) is 25.0 Å². The Kier molecular flexibility index (Phi) is 6.37. The van der Waals surface area contributed by atoms with Crippen molar-refractivity contribution in [3.63, 3.8) is 0 Å². The summed E-state index contributed by atoms with van der Waals surface area (Å²) in [4.78, 5) is 25.3. The zero-order valence-corrected chi connectivity index (χ0v) is 15.0. The first-order valence-corrected chi connectivity index (χ1v) is 8.76. The molecule has 5 nitrogen and oxygen atoms in total. The summed E-state index contributed by atoms with van der Waals surface area (Å²) >= 11 is 1.41. The number of anilines is 2. The number of amides is 1. The third kappa shape index (κ3) is 4.58. The number of thiophene rings is 1. The SMILES string of the molecule is CCOC(=O)c1cc(CC)sc1NC(=O)CNc1ccccc1C. The van der Waals surface area contributed by atoms with Crippen molar-refractivity contribution in [2.75, 3.05) is 23.8 Å². The molecule has 0 bridgehead atoms. The fourth-order valence-electron chi connectivity index (χ4n) is 2.19. The maximum atomic E-state index is 12.2. The standard InChI is InChI=1S/C18H22N2O3S/c1-4-13-10-14(18(22)23-5-2)17(24-13)20-16(21)11-19-15-9-7-6-8-12(15)3/h6-10,19H,4-5,11H2,1-3H3,(H,20,21). The molecule has 2 aromatic rings. The second-order valence-corrected chi connectivity index (χ2v) is 6.38. The van der Waals surface area contributed by atoms with Crippen molar-refractivity contribution in [3.05, 3.63) is 46.3 Å². The maximum Gasteiger partial charge on any atom is 0.341 e. The average Bonchev–Trinajstić information content (AvgIpc) is 2.97. The monoisotopic (exact) mass is 346 g/mol. The quantitative estimate of drug-likeness (QED) is 0.747. The number of carbonyl (C=O) groups excluding carboxylic acids is 2. The normalized spacial score (nSPS) is 10.3. The molecule has 0 unspecified atom stereocenters. The van der Waals surface area contributed by atoms with Crippen molar-refractivity contribution in [1.29, 1.82) is 0 Å². The van der Waals surface area contributed by atoms with E-state index in [1.165, 1.54) is 11.3 Å². The van der Waals surface area contributed by atoms with Gasteiger partial charge in [-0.25, -0.2) is 4.79 Å². The van der Waals surface area contributed by atoms with E-state index in [2.05, 4.69) is 10.6 Å². The van der Waals surface area contributed by atoms with Crippen molar-refractivity contribution in [2.24, 2.45) is 0 Å². The Labute approximate surface area is 146 Å². The van der Waals surface area contributed by atoms with Gasteiger partial charge < -0.3 is 15.4 Å². The molecule has 2 rings (SSSR count). The molecule has 0 saturated carbocycles. The van der Waals surface area contributed by atoms with Crippen LogP contribution in [0.4, 0.5) is 10.7 Å². The maximum absolute atomic E-state index is 12.2. The fraction of sp³-hybridized carbons (Fsp3) is 0.333. The lowest BCUT2D eigenvalue weighted by atomic mass is 10.2. The second kappa shape index (κ2) is 8.49. The van der Waals surface area contributed by atoms with Crippen molar-refractivity contribution >= 4 is 33.9 Å². The van der Waals surface area contributed by atoms with Crippen LogP contribution in [0.2, 0.25) is 0 Å². The molecule has 0 aliphatic heterocycles. The van der Waals surface area contributed by atoms with Crippen LogP contribution in [-0.2, 0) is 16.0 Å². The molecular formula is C18H22N2O3S. The van der Waals surface area contributed by atoms with Crippen LogP contribution in [0.3, 0.4) is 0 Å². The lowest BCUT2D eigenvalue weighted by Gasteiger charge is -2.10. The third-order valence-corrected chi connectivity index (χ3v) is 4.66. The first-order chi connectivity index (χ1) is 11.5. The van der Waals surface area contributed by atoms with E-state index < -0.39 is 5.97 Å². The van der Waals surface area contributed by atoms with E-state index in [1.807, 2.05) is 38.1 Å². The van der Waals surface area contributed by atoms with Gasteiger partial charge in [0.15, 0.2) is 0 Å². The molecule has 1 heterocycles.